The summed E-state index contributed by atoms with van der Waals surface area (Å²) in [5, 5.41) is 32.1. The summed E-state index contributed by atoms with van der Waals surface area (Å²) in [6.45, 7) is 31.1. The fraction of sp³-hybridized carbons (Fsp3) is 0. The number of fused-ring (bicyclic) bond motifs is 10. The van der Waals surface area contributed by atoms with Crippen LogP contribution in [0.1, 0.15) is 16.7 Å². The molecule has 0 aliphatic carbocycles. The van der Waals surface area contributed by atoms with Crippen LogP contribution >= 0.6 is 0 Å². The molecule has 0 N–H and O–H groups in total. The van der Waals surface area contributed by atoms with E-state index in [-0.39, 0.29) is 22.5 Å². The van der Waals surface area contributed by atoms with Gasteiger partial charge < -0.3 is 0 Å². The van der Waals surface area contributed by atoms with E-state index in [4.69, 9.17) is 56.2 Å². The van der Waals surface area contributed by atoms with E-state index < -0.39 is 34.6 Å². The van der Waals surface area contributed by atoms with Crippen LogP contribution in [0.25, 0.3) is 163 Å². The lowest BCUT2D eigenvalue weighted by atomic mass is 9.94. The van der Waals surface area contributed by atoms with Crippen molar-refractivity contribution in [3.63, 3.8) is 0 Å². The number of hydrogen-bond donors (Lipinski definition) is 0. The average Bonchev–Trinajstić information content (AvgIpc) is 0.731. The van der Waals surface area contributed by atoms with E-state index in [2.05, 4.69) is 37.6 Å². The Labute approximate surface area is 547 Å². The molecule has 0 saturated carbocycles. The van der Waals surface area contributed by atoms with Gasteiger partial charge in [-0.05, 0) is 83.4 Å². The molecule has 18 heteroatoms. The van der Waals surface area contributed by atoms with Gasteiger partial charge in [-0.3, -0.25) is 0 Å². The van der Waals surface area contributed by atoms with Crippen molar-refractivity contribution in [1.29, 1.82) is 15.8 Å². The van der Waals surface area contributed by atoms with Crippen LogP contribution in [0.15, 0.2) is 206 Å². The summed E-state index contributed by atoms with van der Waals surface area (Å²) in [7, 11) is 0. The standard InChI is InChI=1S/C42H17F5N6.C37H17N7/c1-49-26-16-14-23(15-17-26)40-41(22-12-10-21(20-48)11-13-22)53-42-30(52-40)19-29(50-2)33-32(42)27-8-3-4-9-28(27)51-39(33)25-7-5-6-24(18-25)31-34(43)36(45)38(47)37(46)35(31)44;1-40-27-16-14-25(15-17-27)35-36(24-12-10-22(20-38)11-13-24)44-37-31(43-35)19-30(41-2)33-32(37)28-8-3-4-9-29(28)42-34(33)26-7-5-6-23(18-26)21-39/h3-19H;3-19H. The predicted octanol–water partition coefficient (Wildman–Crippen LogP) is 20.8. The molecule has 4 aromatic heterocycles. The molecule has 0 atom stereocenters. The van der Waals surface area contributed by atoms with Crippen molar-refractivity contribution < 1.29 is 22.0 Å². The topological polar surface area (TPSA) is 166 Å². The molecule has 13 nitrogen and oxygen atoms in total. The Morgan fingerprint density at radius 3 is 1.06 bits per heavy atom. The summed E-state index contributed by atoms with van der Waals surface area (Å²) in [6, 6.07) is 65.2. The van der Waals surface area contributed by atoms with Crippen LogP contribution in [0, 0.1) is 89.4 Å². The van der Waals surface area contributed by atoms with Crippen molar-refractivity contribution in [2.24, 2.45) is 0 Å². The molecule has 0 saturated heterocycles. The first-order chi connectivity index (χ1) is 47.3. The fourth-order valence-electron chi connectivity index (χ4n) is 11.9. The highest BCUT2D eigenvalue weighted by Gasteiger charge is 2.29. The van der Waals surface area contributed by atoms with Gasteiger partial charge in [-0.2, -0.15) is 15.8 Å². The Hall–Kier alpha value is -14.5. The molecular weight excluding hydrogens is 1230 g/mol. The zero-order valence-corrected chi connectivity index (χ0v) is 49.8. The Balaban J connectivity index is 0.000000169. The number of para-hydroxylation sites is 2. The van der Waals surface area contributed by atoms with Gasteiger partial charge in [0.2, 0.25) is 5.82 Å². The van der Waals surface area contributed by atoms with Gasteiger partial charge in [0.1, 0.15) is 0 Å². The molecule has 11 aromatic carbocycles. The first kappa shape index (κ1) is 60.1. The van der Waals surface area contributed by atoms with Gasteiger partial charge in [0.25, 0.3) is 0 Å². The van der Waals surface area contributed by atoms with Crippen molar-refractivity contribution in [3.05, 3.63) is 298 Å². The number of pyridine rings is 2. The summed E-state index contributed by atoms with van der Waals surface area (Å²) < 4.78 is 72.4. The van der Waals surface area contributed by atoms with Crippen LogP contribution in [0.2, 0.25) is 0 Å². The fourth-order valence-corrected chi connectivity index (χ4v) is 11.9. The molecule has 450 valence electrons. The maximum absolute atomic E-state index is 15.0. The normalized spacial score (nSPS) is 10.9. The Morgan fingerprint density at radius 1 is 0.289 bits per heavy atom. The minimum absolute atomic E-state index is 0.122. The van der Waals surface area contributed by atoms with E-state index in [0.717, 1.165) is 33.0 Å². The molecule has 0 fully saturated rings. The number of benzene rings is 11. The zero-order valence-electron chi connectivity index (χ0n) is 49.8. The molecule has 0 bridgehead atoms. The highest BCUT2D eigenvalue weighted by molar-refractivity contribution is 6.26. The molecule has 0 unspecified atom stereocenters. The summed E-state index contributed by atoms with van der Waals surface area (Å²) >= 11 is 0. The lowest BCUT2D eigenvalue weighted by molar-refractivity contribution is 0.381. The molecule has 0 radical (unpaired) electrons. The molecular formula is C79H34F5N13. The second-order valence-electron chi connectivity index (χ2n) is 22.0. The monoisotopic (exact) mass is 1260 g/mol. The van der Waals surface area contributed by atoms with E-state index in [1.807, 2.05) is 66.7 Å². The van der Waals surface area contributed by atoms with Gasteiger partial charge in [-0.25, -0.2) is 71.2 Å². The Morgan fingerprint density at radius 2 is 0.649 bits per heavy atom. The van der Waals surface area contributed by atoms with Crippen LogP contribution in [-0.4, -0.2) is 29.9 Å². The third kappa shape index (κ3) is 10.5. The SMILES string of the molecule is [C-]#[N+]c1ccc(-c2nc3cc([N+]#[C-])c4c(-c5cccc(-c6c(F)c(F)c(F)c(F)c6F)c5)nc5ccccc5c4c3nc2-c2ccc(C#N)cc2)cc1.[C-]#[N+]c1ccc(-c2nc3cc([N+]#[C-])c4c(-c5cccc(C#N)c5)nc5ccccc5c4c3nc2-c2ccc(C#N)cc2)cc1. The molecule has 0 amide bonds. The second-order valence-corrected chi connectivity index (χ2v) is 22.0. The predicted molar refractivity (Wildman–Crippen MR) is 362 cm³/mol. The summed E-state index contributed by atoms with van der Waals surface area (Å²) in [5.41, 5.74) is 11.3. The van der Waals surface area contributed by atoms with E-state index in [9.17, 15) is 37.7 Å². The van der Waals surface area contributed by atoms with Gasteiger partial charge in [0, 0.05) is 54.6 Å². The van der Waals surface area contributed by atoms with E-state index in [0.29, 0.717) is 122 Å². The van der Waals surface area contributed by atoms with Crippen LogP contribution in [0.3, 0.4) is 0 Å². The van der Waals surface area contributed by atoms with Gasteiger partial charge in [-0.1, -0.05) is 140 Å². The summed E-state index contributed by atoms with van der Waals surface area (Å²) in [5.74, 6) is -10.4. The number of halogens is 5. The smallest absolute Gasteiger partial charge is 0.200 e. The maximum atomic E-state index is 15.0. The quantitative estimate of drug-likeness (QED) is 0.0496. The first-order valence-corrected chi connectivity index (χ1v) is 29.3. The van der Waals surface area contributed by atoms with E-state index in [1.54, 1.807) is 121 Å². The van der Waals surface area contributed by atoms with Crippen LogP contribution in [0.5, 0.6) is 0 Å². The lowest BCUT2D eigenvalue weighted by Crippen LogP contribution is -2.04. The van der Waals surface area contributed by atoms with Gasteiger partial charge >= 0.3 is 0 Å². The van der Waals surface area contributed by atoms with E-state index in [1.165, 1.54) is 18.2 Å². The first-order valence-electron chi connectivity index (χ1n) is 29.3. The number of hydrogen-bond acceptors (Lipinski definition) is 9. The van der Waals surface area contributed by atoms with Gasteiger partial charge in [0.05, 0.1) is 134 Å². The third-order valence-corrected chi connectivity index (χ3v) is 16.4. The second kappa shape index (κ2) is 24.6. The number of nitrogens with zero attached hydrogens (tertiary/aromatic N) is 13. The summed E-state index contributed by atoms with van der Waals surface area (Å²) in [6.07, 6.45) is 0. The molecule has 15 aromatic rings. The van der Waals surface area contributed by atoms with Crippen molar-refractivity contribution in [2.75, 3.05) is 0 Å². The van der Waals surface area contributed by atoms with Crippen molar-refractivity contribution in [1.82, 2.24) is 29.9 Å². The van der Waals surface area contributed by atoms with Crippen LogP contribution in [-0.2, 0) is 0 Å². The summed E-state index contributed by atoms with van der Waals surface area (Å²) in [4.78, 5) is 45.1. The lowest BCUT2D eigenvalue weighted by Gasteiger charge is -2.17. The Kier molecular flexibility index (Phi) is 15.3. The average molecular weight is 1260 g/mol. The van der Waals surface area contributed by atoms with Gasteiger partial charge in [0.15, 0.2) is 46.0 Å². The van der Waals surface area contributed by atoms with Crippen molar-refractivity contribution >= 4 is 88.2 Å². The highest BCUT2D eigenvalue weighted by Crippen LogP contribution is 2.47. The Bertz CT molecular complexity index is 6180. The third-order valence-electron chi connectivity index (χ3n) is 16.4. The molecule has 0 spiro atoms. The minimum atomic E-state index is -2.26. The van der Waals surface area contributed by atoms with Crippen molar-refractivity contribution in [3.8, 4) is 96.9 Å². The number of nitriles is 3. The molecule has 0 aliphatic heterocycles. The maximum Gasteiger partial charge on any atom is 0.200 e. The largest absolute Gasteiger partial charge is 0.248 e. The van der Waals surface area contributed by atoms with E-state index >= 15 is 0 Å². The van der Waals surface area contributed by atoms with Crippen LogP contribution in [0.4, 0.5) is 44.7 Å². The minimum Gasteiger partial charge on any atom is -0.248 e. The molecule has 4 heterocycles. The van der Waals surface area contributed by atoms with Crippen molar-refractivity contribution in [2.45, 2.75) is 0 Å². The van der Waals surface area contributed by atoms with Gasteiger partial charge in [-0.15, -0.1) is 0 Å². The molecule has 0 aliphatic rings. The molecule has 97 heavy (non-hydrogen) atoms. The highest BCUT2D eigenvalue weighted by atomic mass is 19.2. The van der Waals surface area contributed by atoms with Crippen LogP contribution < -0.4 is 0 Å². The number of rotatable bonds is 7. The number of aromatic nitrogens is 6. The molecule has 15 rings (SSSR count). The zero-order chi connectivity index (χ0) is 67.2.